The number of aromatic nitrogens is 1. The molecule has 0 saturated carbocycles. The van der Waals surface area contributed by atoms with Crippen LogP contribution in [0.4, 0.5) is 27.6 Å². The molecule has 0 radical (unpaired) electrons. The predicted molar refractivity (Wildman–Crippen MR) is 140 cm³/mol. The van der Waals surface area contributed by atoms with Gasteiger partial charge in [-0.05, 0) is 66.6 Å². The average molecular weight is 546 g/mol. The Bertz CT molecular complexity index is 1440. The lowest BCUT2D eigenvalue weighted by Gasteiger charge is -2.36. The number of anilines is 1. The fraction of sp³-hybridized carbons (Fsp3) is 0.241. The van der Waals surface area contributed by atoms with Crippen LogP contribution < -0.4 is 4.90 Å². The molecule has 0 unspecified atom stereocenters. The fourth-order valence-corrected chi connectivity index (χ4v) is 5.03. The number of rotatable bonds is 5. The van der Waals surface area contributed by atoms with Crippen LogP contribution in [0.3, 0.4) is 0 Å². The highest BCUT2D eigenvalue weighted by Crippen LogP contribution is 2.34. The third-order valence-corrected chi connectivity index (χ3v) is 7.20. The summed E-state index contributed by atoms with van der Waals surface area (Å²) in [6.45, 7) is 4.95. The van der Waals surface area contributed by atoms with E-state index in [1.807, 2.05) is 30.0 Å². The highest BCUT2D eigenvalue weighted by Gasteiger charge is 2.31. The van der Waals surface area contributed by atoms with Crippen molar-refractivity contribution in [2.24, 2.45) is 0 Å². The summed E-state index contributed by atoms with van der Waals surface area (Å²) >= 11 is 6.08. The van der Waals surface area contributed by atoms with Gasteiger partial charge in [-0.15, -0.1) is 0 Å². The topological polar surface area (TPSA) is 11.4 Å². The summed E-state index contributed by atoms with van der Waals surface area (Å²) in [7, 11) is 0. The van der Waals surface area contributed by atoms with Gasteiger partial charge < -0.3 is 9.47 Å². The molecule has 0 amide bonds. The molecule has 0 spiro atoms. The molecule has 1 aromatic heterocycles. The molecular weight excluding hydrogens is 521 g/mol. The van der Waals surface area contributed by atoms with Crippen molar-refractivity contribution in [3.8, 4) is 16.9 Å². The van der Waals surface area contributed by atoms with Crippen molar-refractivity contribution in [2.75, 3.05) is 31.1 Å². The molecule has 198 valence electrons. The van der Waals surface area contributed by atoms with E-state index in [4.69, 9.17) is 11.6 Å². The van der Waals surface area contributed by atoms with Gasteiger partial charge in [-0.25, -0.2) is 8.78 Å². The van der Waals surface area contributed by atoms with E-state index in [0.29, 0.717) is 43.4 Å². The van der Waals surface area contributed by atoms with Crippen LogP contribution in [0.2, 0.25) is 5.02 Å². The third-order valence-electron chi connectivity index (χ3n) is 6.95. The molecule has 0 aliphatic carbocycles. The van der Waals surface area contributed by atoms with Gasteiger partial charge in [0.1, 0.15) is 11.6 Å². The van der Waals surface area contributed by atoms with Crippen LogP contribution in [0.1, 0.15) is 16.8 Å². The minimum Gasteiger partial charge on any atom is -0.369 e. The first-order valence-electron chi connectivity index (χ1n) is 12.2. The van der Waals surface area contributed by atoms with E-state index in [2.05, 4.69) is 4.90 Å². The molecule has 1 saturated heterocycles. The number of hydrogen-bond acceptors (Lipinski definition) is 2. The van der Waals surface area contributed by atoms with E-state index < -0.39 is 23.4 Å². The van der Waals surface area contributed by atoms with Crippen molar-refractivity contribution in [1.29, 1.82) is 0 Å². The van der Waals surface area contributed by atoms with Crippen molar-refractivity contribution in [2.45, 2.75) is 19.6 Å². The average Bonchev–Trinajstić information content (AvgIpc) is 3.20. The number of hydrogen-bond donors (Lipinski definition) is 0. The molecule has 1 aliphatic rings. The smallest absolute Gasteiger partial charge is 0.369 e. The number of alkyl halides is 3. The van der Waals surface area contributed by atoms with E-state index in [0.717, 1.165) is 34.6 Å². The number of nitrogens with zero attached hydrogens (tertiary/aromatic N) is 3. The summed E-state index contributed by atoms with van der Waals surface area (Å²) in [5, 5.41) is 0.579. The minimum atomic E-state index is -4.38. The fourth-order valence-electron chi connectivity index (χ4n) is 4.91. The van der Waals surface area contributed by atoms with Gasteiger partial charge >= 0.3 is 6.18 Å². The normalized spacial score (nSPS) is 14.8. The first-order valence-corrected chi connectivity index (χ1v) is 12.5. The van der Waals surface area contributed by atoms with E-state index in [1.54, 1.807) is 22.8 Å². The maximum absolute atomic E-state index is 14.9. The zero-order valence-electron chi connectivity index (χ0n) is 20.6. The number of piperazine rings is 1. The van der Waals surface area contributed by atoms with Gasteiger partial charge in [0.05, 0.1) is 16.9 Å². The van der Waals surface area contributed by atoms with Gasteiger partial charge in [-0.2, -0.15) is 13.2 Å². The van der Waals surface area contributed by atoms with Crippen molar-refractivity contribution in [1.82, 2.24) is 9.47 Å². The number of halogens is 6. The molecule has 0 N–H and O–H groups in total. The largest absolute Gasteiger partial charge is 0.416 e. The SMILES string of the molecule is Cc1c(CN2CCN(c3cccc(C(F)(F)F)c3)CC2)cc(-c2ccc(Cl)cc2)n1-c1ccc(F)cc1F. The van der Waals surface area contributed by atoms with Crippen molar-refractivity contribution < 1.29 is 22.0 Å². The van der Waals surface area contributed by atoms with Crippen LogP contribution in [-0.4, -0.2) is 35.6 Å². The first-order chi connectivity index (χ1) is 18.1. The van der Waals surface area contributed by atoms with Gasteiger partial charge in [0.2, 0.25) is 0 Å². The van der Waals surface area contributed by atoms with Crippen LogP contribution >= 0.6 is 11.6 Å². The lowest BCUT2D eigenvalue weighted by atomic mass is 10.1. The lowest BCUT2D eigenvalue weighted by Crippen LogP contribution is -2.46. The third kappa shape index (κ3) is 5.42. The molecular formula is C29H25ClF5N3. The summed E-state index contributed by atoms with van der Waals surface area (Å²) in [6.07, 6.45) is -4.38. The molecule has 9 heteroatoms. The molecule has 0 bridgehead atoms. The predicted octanol–water partition coefficient (Wildman–Crippen LogP) is 7.73. The molecule has 1 aliphatic heterocycles. The second-order valence-electron chi connectivity index (χ2n) is 9.39. The van der Waals surface area contributed by atoms with Crippen LogP contribution in [0, 0.1) is 18.6 Å². The van der Waals surface area contributed by atoms with Gasteiger partial charge in [0, 0.05) is 55.2 Å². The van der Waals surface area contributed by atoms with Gasteiger partial charge in [0.25, 0.3) is 0 Å². The van der Waals surface area contributed by atoms with Crippen molar-refractivity contribution >= 4 is 17.3 Å². The highest BCUT2D eigenvalue weighted by molar-refractivity contribution is 6.30. The quantitative estimate of drug-likeness (QED) is 0.238. The Morgan fingerprint density at radius 2 is 1.55 bits per heavy atom. The first kappa shape index (κ1) is 26.3. The Morgan fingerprint density at radius 3 is 2.21 bits per heavy atom. The summed E-state index contributed by atoms with van der Waals surface area (Å²) in [6, 6.07) is 18.2. The second-order valence-corrected chi connectivity index (χ2v) is 9.83. The Balaban J connectivity index is 1.39. The van der Waals surface area contributed by atoms with Gasteiger partial charge in [0.15, 0.2) is 0 Å². The summed E-state index contributed by atoms with van der Waals surface area (Å²) < 4.78 is 69.7. The monoisotopic (exact) mass is 545 g/mol. The van der Waals surface area contributed by atoms with Crippen LogP contribution in [0.5, 0.6) is 0 Å². The summed E-state index contributed by atoms with van der Waals surface area (Å²) in [5.41, 5.74) is 3.53. The van der Waals surface area contributed by atoms with Crippen LogP contribution in [0.15, 0.2) is 72.8 Å². The molecule has 3 aromatic carbocycles. The van der Waals surface area contributed by atoms with E-state index >= 15 is 0 Å². The van der Waals surface area contributed by atoms with E-state index in [-0.39, 0.29) is 5.69 Å². The van der Waals surface area contributed by atoms with Gasteiger partial charge in [-0.3, -0.25) is 4.90 Å². The molecule has 3 nitrogen and oxygen atoms in total. The molecule has 1 fully saturated rings. The molecule has 5 rings (SSSR count). The molecule has 38 heavy (non-hydrogen) atoms. The Morgan fingerprint density at radius 1 is 0.842 bits per heavy atom. The van der Waals surface area contributed by atoms with E-state index in [1.165, 1.54) is 24.3 Å². The van der Waals surface area contributed by atoms with Crippen molar-refractivity contribution in [3.63, 3.8) is 0 Å². The van der Waals surface area contributed by atoms with Gasteiger partial charge in [-0.1, -0.05) is 29.8 Å². The van der Waals surface area contributed by atoms with Crippen LogP contribution in [0.25, 0.3) is 16.9 Å². The Hall–Kier alpha value is -3.36. The second kappa shape index (κ2) is 10.4. The maximum atomic E-state index is 14.9. The summed E-state index contributed by atoms with van der Waals surface area (Å²) in [4.78, 5) is 4.18. The lowest BCUT2D eigenvalue weighted by molar-refractivity contribution is -0.137. The zero-order valence-corrected chi connectivity index (χ0v) is 21.3. The molecule has 4 aromatic rings. The number of benzene rings is 3. The van der Waals surface area contributed by atoms with Crippen LogP contribution in [-0.2, 0) is 12.7 Å². The Kier molecular flexibility index (Phi) is 7.20. The highest BCUT2D eigenvalue weighted by atomic mass is 35.5. The zero-order chi connectivity index (χ0) is 27.0. The summed E-state index contributed by atoms with van der Waals surface area (Å²) in [5.74, 6) is -1.32. The van der Waals surface area contributed by atoms with E-state index in [9.17, 15) is 22.0 Å². The Labute approximate surface area is 222 Å². The molecule has 0 atom stereocenters. The minimum absolute atomic E-state index is 0.245. The maximum Gasteiger partial charge on any atom is 0.416 e. The molecule has 2 heterocycles. The standard InChI is InChI=1S/C29H25ClF5N3/c1-19-21(18-36-11-13-37(14-12-36)25-4-2-3-22(16-25)29(33,34)35)15-28(20-5-7-23(30)8-6-20)38(19)27-10-9-24(31)17-26(27)32/h2-10,15-17H,11-14,18H2,1H3. The van der Waals surface area contributed by atoms with Crippen molar-refractivity contribution in [3.05, 3.63) is 106 Å².